The lowest BCUT2D eigenvalue weighted by Crippen LogP contribution is -2.18. The van der Waals surface area contributed by atoms with Gasteiger partial charge < -0.3 is 35.9 Å². The third kappa shape index (κ3) is 12.7. The summed E-state index contributed by atoms with van der Waals surface area (Å²) >= 11 is 2.60. The van der Waals surface area contributed by atoms with Crippen LogP contribution in [-0.4, -0.2) is 68.4 Å². The molecule has 5 aromatic carbocycles. The van der Waals surface area contributed by atoms with Crippen molar-refractivity contribution in [2.24, 2.45) is 0 Å². The van der Waals surface area contributed by atoms with Crippen molar-refractivity contribution in [1.29, 1.82) is 0 Å². The number of carbonyl (C=O) groups excluding carboxylic acids is 3. The molecule has 7 rings (SSSR count). The van der Waals surface area contributed by atoms with Crippen LogP contribution in [0.5, 0.6) is 17.2 Å². The molecule has 7 aromatic rings. The number of para-hydroxylation sites is 1. The molecule has 7 N–H and O–H groups in total. The lowest BCUT2D eigenvalue weighted by Gasteiger charge is -2.23. The van der Waals surface area contributed by atoms with Crippen molar-refractivity contribution in [3.8, 4) is 17.2 Å². The maximum Gasteiger partial charge on any atom is 0.265 e. The molecular weight excluding hydrogens is 973 g/mol. The highest BCUT2D eigenvalue weighted by atomic mass is 32.2. The maximum atomic E-state index is 13.4. The summed E-state index contributed by atoms with van der Waals surface area (Å²) in [7, 11) is -2.82. The van der Waals surface area contributed by atoms with E-state index < -0.39 is 26.0 Å². The molecule has 2 heterocycles. The molecule has 20 heteroatoms. The number of nitrogens with one attached hydrogen (secondary N) is 5. The third-order valence-corrected chi connectivity index (χ3v) is 14.0. The number of ether oxygens (including phenoxy) is 3. The molecule has 2 aromatic heterocycles. The van der Waals surface area contributed by atoms with Crippen LogP contribution in [0.15, 0.2) is 97.1 Å². The van der Waals surface area contributed by atoms with E-state index >= 15 is 0 Å². The quantitative estimate of drug-likeness (QED) is 0.0595. The first kappa shape index (κ1) is 52.5. The third-order valence-electron chi connectivity index (χ3n) is 10.6. The molecule has 0 radical (unpaired) electrons. The van der Waals surface area contributed by atoms with Crippen LogP contribution in [0.25, 0.3) is 20.2 Å². The average Bonchev–Trinajstić information content (AvgIpc) is 3.92. The van der Waals surface area contributed by atoms with Crippen LogP contribution in [0, 0.1) is 0 Å². The first-order valence-electron chi connectivity index (χ1n) is 21.5. The van der Waals surface area contributed by atoms with E-state index in [1.54, 1.807) is 78.9 Å². The van der Waals surface area contributed by atoms with Gasteiger partial charge in [0, 0.05) is 31.5 Å². The SMILES string of the molecule is COc1c(NC(=O)c2cc3c(N)cccc3s2)cc(C(C)(C)C)cc1NS(C)(=O)=O.COc1ccccc1C(=O)Nc1cccc2sc(C(=O)Nc3cc(C(C)(C)C)cc(NS(C)(=O)=O)c3OC)cc12. The maximum absolute atomic E-state index is 13.4. The number of sulfonamides is 2. The van der Waals surface area contributed by atoms with E-state index in [0.717, 1.165) is 38.4 Å². The van der Waals surface area contributed by atoms with Crippen molar-refractivity contribution >= 4 is 115 Å². The number of hydrogen-bond acceptors (Lipinski definition) is 13. The lowest BCUT2D eigenvalue weighted by atomic mass is 9.86. The number of hydrogen-bond donors (Lipinski definition) is 6. The normalized spacial score (nSPS) is 11.8. The van der Waals surface area contributed by atoms with Crippen molar-refractivity contribution in [3.05, 3.63) is 124 Å². The Kier molecular flexibility index (Phi) is 15.5. The molecule has 0 spiro atoms. The highest BCUT2D eigenvalue weighted by Crippen LogP contribution is 2.42. The summed E-state index contributed by atoms with van der Waals surface area (Å²) in [4.78, 5) is 40.3. The number of nitrogens with two attached hydrogens (primary N) is 1. The number of fused-ring (bicyclic) bond motifs is 2. The number of amides is 3. The summed E-state index contributed by atoms with van der Waals surface area (Å²) in [6.07, 6.45) is 2.12. The summed E-state index contributed by atoms with van der Waals surface area (Å²) < 4.78 is 70.7. The number of carbonyl (C=O) groups is 3. The van der Waals surface area contributed by atoms with Gasteiger partial charge in [0.25, 0.3) is 17.7 Å². The second kappa shape index (κ2) is 20.6. The highest BCUT2D eigenvalue weighted by Gasteiger charge is 2.25. The van der Waals surface area contributed by atoms with Gasteiger partial charge in [-0.05, 0) is 94.8 Å². The Morgan fingerprint density at radius 1 is 0.514 bits per heavy atom. The van der Waals surface area contributed by atoms with E-state index in [1.165, 1.54) is 44.0 Å². The Hall–Kier alpha value is -6.87. The molecule has 0 fully saturated rings. The van der Waals surface area contributed by atoms with Crippen LogP contribution in [0.2, 0.25) is 0 Å². The van der Waals surface area contributed by atoms with Gasteiger partial charge in [0.1, 0.15) is 5.75 Å². The van der Waals surface area contributed by atoms with Gasteiger partial charge >= 0.3 is 0 Å². The number of rotatable bonds is 13. The molecule has 3 amide bonds. The highest BCUT2D eigenvalue weighted by molar-refractivity contribution is 7.92. The monoisotopic (exact) mass is 1030 g/mol. The van der Waals surface area contributed by atoms with E-state index in [9.17, 15) is 31.2 Å². The van der Waals surface area contributed by atoms with Gasteiger partial charge in [0.05, 0.1) is 71.9 Å². The Balaban J connectivity index is 0.000000239. The van der Waals surface area contributed by atoms with E-state index in [-0.39, 0.29) is 45.5 Å². The van der Waals surface area contributed by atoms with Gasteiger partial charge in [0.2, 0.25) is 20.0 Å². The Morgan fingerprint density at radius 2 is 0.943 bits per heavy atom. The molecule has 16 nitrogen and oxygen atoms in total. The molecular formula is C50H56N6O10S4. The summed E-state index contributed by atoms with van der Waals surface area (Å²) in [6.45, 7) is 11.9. The smallest absolute Gasteiger partial charge is 0.265 e. The van der Waals surface area contributed by atoms with Crippen molar-refractivity contribution in [2.45, 2.75) is 52.4 Å². The van der Waals surface area contributed by atoms with Crippen molar-refractivity contribution in [1.82, 2.24) is 0 Å². The van der Waals surface area contributed by atoms with Crippen LogP contribution >= 0.6 is 22.7 Å². The predicted molar refractivity (Wildman–Crippen MR) is 285 cm³/mol. The fourth-order valence-electron chi connectivity index (χ4n) is 7.17. The van der Waals surface area contributed by atoms with Crippen LogP contribution in [0.1, 0.15) is 82.4 Å². The minimum absolute atomic E-state index is 0.192. The number of methoxy groups -OCH3 is 3. The zero-order chi connectivity index (χ0) is 51.5. The number of thiophene rings is 2. The van der Waals surface area contributed by atoms with Crippen LogP contribution < -0.4 is 45.3 Å². The van der Waals surface area contributed by atoms with Gasteiger partial charge in [-0.15, -0.1) is 22.7 Å². The molecule has 0 aliphatic carbocycles. The molecule has 370 valence electrons. The average molecular weight is 1030 g/mol. The van der Waals surface area contributed by atoms with E-state index in [1.807, 2.05) is 59.7 Å². The van der Waals surface area contributed by atoms with Crippen molar-refractivity contribution < 1.29 is 45.4 Å². The van der Waals surface area contributed by atoms with Crippen LogP contribution in [0.4, 0.5) is 34.1 Å². The van der Waals surface area contributed by atoms with E-state index in [0.29, 0.717) is 49.2 Å². The standard InChI is InChI=1S/C29H31N3O6S2.C21H25N3O4S2/c1-29(2,3)17-14-21(26(38-5)22(15-17)32-40(6,35)36)31-28(34)25-16-19-20(11-9-13-24(19)39-25)30-27(33)18-10-7-8-12-23(18)37-4;1-21(2,3)12-9-15(19(28-4)16(10-12)24-30(5,26)27)23-20(25)18-11-13-14(22)7-6-8-17(13)29-18/h7-16,32H,1-6H3,(H,30,33)(H,31,34);6-11,24H,22H2,1-5H3,(H,23,25). The minimum atomic E-state index is -3.61. The Morgan fingerprint density at radius 3 is 1.39 bits per heavy atom. The molecule has 0 atom stereocenters. The topological polar surface area (TPSA) is 233 Å². The van der Waals surface area contributed by atoms with Crippen LogP contribution in [-0.2, 0) is 30.9 Å². The minimum Gasteiger partial charge on any atom is -0.496 e. The molecule has 0 aliphatic rings. The van der Waals surface area contributed by atoms with Gasteiger partial charge in [-0.1, -0.05) is 65.8 Å². The summed E-state index contributed by atoms with van der Waals surface area (Å²) in [5.41, 5.74) is 9.76. The predicted octanol–water partition coefficient (Wildman–Crippen LogP) is 10.5. The lowest BCUT2D eigenvalue weighted by molar-refractivity contribution is 0.101. The first-order chi connectivity index (χ1) is 32.7. The van der Waals surface area contributed by atoms with Crippen LogP contribution in [0.3, 0.4) is 0 Å². The van der Waals surface area contributed by atoms with Gasteiger partial charge in [-0.25, -0.2) is 16.8 Å². The van der Waals surface area contributed by atoms with Gasteiger partial charge in [0.15, 0.2) is 11.5 Å². The van der Waals surface area contributed by atoms with Gasteiger partial charge in [-0.3, -0.25) is 23.8 Å². The molecule has 0 saturated carbocycles. The first-order valence-corrected chi connectivity index (χ1v) is 26.9. The number of anilines is 6. The summed E-state index contributed by atoms with van der Waals surface area (Å²) in [5.74, 6) is -0.186. The van der Waals surface area contributed by atoms with Gasteiger partial charge in [-0.2, -0.15) is 0 Å². The summed E-state index contributed by atoms with van der Waals surface area (Å²) in [5, 5.41) is 10.2. The molecule has 0 unspecified atom stereocenters. The Bertz CT molecular complexity index is 3370. The Labute approximate surface area is 416 Å². The zero-order valence-corrected chi connectivity index (χ0v) is 43.8. The zero-order valence-electron chi connectivity index (χ0n) is 40.5. The van der Waals surface area contributed by atoms with Crippen molar-refractivity contribution in [2.75, 3.05) is 65.0 Å². The molecule has 0 aliphatic heterocycles. The molecule has 0 saturated heterocycles. The molecule has 0 bridgehead atoms. The number of nitrogen functional groups attached to an aromatic ring is 1. The fourth-order valence-corrected chi connectivity index (χ4v) is 10.2. The fraction of sp³-hybridized carbons (Fsp3) is 0.260. The van der Waals surface area contributed by atoms with E-state index in [4.69, 9.17) is 19.9 Å². The summed E-state index contributed by atoms with van der Waals surface area (Å²) in [6, 6.07) is 28.3. The second-order valence-electron chi connectivity index (χ2n) is 18.2. The number of benzene rings is 5. The van der Waals surface area contributed by atoms with Crippen molar-refractivity contribution in [3.63, 3.8) is 0 Å². The second-order valence-corrected chi connectivity index (χ2v) is 23.9. The molecule has 70 heavy (non-hydrogen) atoms. The van der Waals surface area contributed by atoms with E-state index in [2.05, 4.69) is 25.4 Å². The largest absolute Gasteiger partial charge is 0.496 e.